The van der Waals surface area contributed by atoms with Gasteiger partial charge >= 0.3 is 0 Å². The maximum atomic E-state index is 12.0. The maximum Gasteiger partial charge on any atom is 0.263 e. The van der Waals surface area contributed by atoms with Crippen LogP contribution in [0.5, 0.6) is 0 Å². The second-order valence-corrected chi connectivity index (χ2v) is 4.72. The SMILES string of the molecule is Cn1cccc(C(=O)Nc2cccc(Br)c2)c1=O. The second-order valence-electron chi connectivity index (χ2n) is 3.80. The summed E-state index contributed by atoms with van der Waals surface area (Å²) < 4.78 is 2.23. The molecule has 4 nitrogen and oxygen atoms in total. The summed E-state index contributed by atoms with van der Waals surface area (Å²) in [4.78, 5) is 23.7. The van der Waals surface area contributed by atoms with Gasteiger partial charge in [-0.25, -0.2) is 0 Å². The van der Waals surface area contributed by atoms with Crippen LogP contribution < -0.4 is 10.9 Å². The van der Waals surface area contributed by atoms with E-state index >= 15 is 0 Å². The fraction of sp³-hybridized carbons (Fsp3) is 0.0769. The number of anilines is 1. The van der Waals surface area contributed by atoms with E-state index in [0.29, 0.717) is 5.69 Å². The Labute approximate surface area is 112 Å². The molecule has 1 aromatic carbocycles. The maximum absolute atomic E-state index is 12.0. The molecule has 0 aliphatic heterocycles. The van der Waals surface area contributed by atoms with Crippen molar-refractivity contribution < 1.29 is 4.79 Å². The van der Waals surface area contributed by atoms with Gasteiger partial charge in [0, 0.05) is 23.4 Å². The summed E-state index contributed by atoms with van der Waals surface area (Å²) in [5.41, 5.74) is 0.449. The van der Waals surface area contributed by atoms with Crippen LogP contribution in [0.25, 0.3) is 0 Å². The monoisotopic (exact) mass is 306 g/mol. The molecule has 92 valence electrons. The lowest BCUT2D eigenvalue weighted by Crippen LogP contribution is -2.26. The third-order valence-corrected chi connectivity index (χ3v) is 2.94. The van der Waals surface area contributed by atoms with E-state index in [0.717, 1.165) is 4.47 Å². The first kappa shape index (κ1) is 12.6. The lowest BCUT2D eigenvalue weighted by Gasteiger charge is -2.06. The summed E-state index contributed by atoms with van der Waals surface area (Å²) in [6.07, 6.45) is 1.61. The minimum atomic E-state index is -0.408. The minimum absolute atomic E-state index is 0.125. The minimum Gasteiger partial charge on any atom is -0.322 e. The highest BCUT2D eigenvalue weighted by atomic mass is 79.9. The van der Waals surface area contributed by atoms with Gasteiger partial charge in [-0.2, -0.15) is 0 Å². The molecule has 1 aromatic heterocycles. The van der Waals surface area contributed by atoms with Gasteiger partial charge in [0.1, 0.15) is 5.56 Å². The van der Waals surface area contributed by atoms with E-state index in [1.165, 1.54) is 10.6 Å². The number of nitrogens with zero attached hydrogens (tertiary/aromatic N) is 1. The van der Waals surface area contributed by atoms with E-state index in [1.54, 1.807) is 31.4 Å². The van der Waals surface area contributed by atoms with E-state index in [-0.39, 0.29) is 11.1 Å². The molecule has 18 heavy (non-hydrogen) atoms. The molecule has 0 saturated carbocycles. The van der Waals surface area contributed by atoms with Gasteiger partial charge in [0.15, 0.2) is 0 Å². The number of aromatic nitrogens is 1. The number of pyridine rings is 1. The molecule has 1 N–H and O–H groups in total. The van der Waals surface area contributed by atoms with Crippen LogP contribution in [-0.4, -0.2) is 10.5 Å². The Bertz CT molecular complexity index is 649. The van der Waals surface area contributed by atoms with Crippen molar-refractivity contribution in [1.29, 1.82) is 0 Å². The van der Waals surface area contributed by atoms with Crippen LogP contribution in [0.3, 0.4) is 0 Å². The molecule has 0 unspecified atom stereocenters. The number of carbonyl (C=O) groups excluding carboxylic acids is 1. The van der Waals surface area contributed by atoms with Gasteiger partial charge in [-0.05, 0) is 30.3 Å². The smallest absolute Gasteiger partial charge is 0.263 e. The number of rotatable bonds is 2. The molecule has 2 aromatic rings. The van der Waals surface area contributed by atoms with Gasteiger partial charge in [0.25, 0.3) is 11.5 Å². The Kier molecular flexibility index (Phi) is 3.62. The topological polar surface area (TPSA) is 51.1 Å². The zero-order valence-electron chi connectivity index (χ0n) is 9.68. The first-order valence-electron chi connectivity index (χ1n) is 5.30. The highest BCUT2D eigenvalue weighted by Gasteiger charge is 2.11. The summed E-state index contributed by atoms with van der Waals surface area (Å²) in [7, 11) is 1.61. The fourth-order valence-corrected chi connectivity index (χ4v) is 1.93. The number of benzene rings is 1. The molecular weight excluding hydrogens is 296 g/mol. The Morgan fingerprint density at radius 3 is 2.78 bits per heavy atom. The number of nitrogens with one attached hydrogen (secondary N) is 1. The molecule has 0 saturated heterocycles. The molecule has 1 heterocycles. The summed E-state index contributed by atoms with van der Waals surface area (Å²) in [5, 5.41) is 2.68. The summed E-state index contributed by atoms with van der Waals surface area (Å²) >= 11 is 3.32. The highest BCUT2D eigenvalue weighted by Crippen LogP contribution is 2.15. The summed E-state index contributed by atoms with van der Waals surface area (Å²) in [5.74, 6) is -0.408. The molecule has 0 radical (unpaired) electrons. The standard InChI is InChI=1S/C13H11BrN2O2/c1-16-7-3-6-11(13(16)18)12(17)15-10-5-2-4-9(14)8-10/h2-8H,1H3,(H,15,17). The predicted molar refractivity (Wildman–Crippen MR) is 73.8 cm³/mol. The van der Waals surface area contributed by atoms with Crippen LogP contribution in [0.15, 0.2) is 51.9 Å². The summed E-state index contributed by atoms with van der Waals surface area (Å²) in [6.45, 7) is 0. The second kappa shape index (κ2) is 5.18. The molecule has 0 aliphatic rings. The molecule has 0 fully saturated rings. The molecular formula is C13H11BrN2O2. The van der Waals surface area contributed by atoms with E-state index < -0.39 is 5.91 Å². The Balaban J connectivity index is 2.28. The Morgan fingerprint density at radius 2 is 2.06 bits per heavy atom. The quantitative estimate of drug-likeness (QED) is 0.926. The Hall–Kier alpha value is -1.88. The predicted octanol–water partition coefficient (Wildman–Crippen LogP) is 2.40. The van der Waals surface area contributed by atoms with Crippen LogP contribution in [-0.2, 0) is 7.05 Å². The van der Waals surface area contributed by atoms with Crippen molar-refractivity contribution in [1.82, 2.24) is 4.57 Å². The third-order valence-electron chi connectivity index (χ3n) is 2.45. The number of halogens is 1. The zero-order valence-corrected chi connectivity index (χ0v) is 11.3. The first-order valence-corrected chi connectivity index (χ1v) is 6.10. The van der Waals surface area contributed by atoms with Gasteiger partial charge in [-0.3, -0.25) is 9.59 Å². The average Bonchev–Trinajstić information content (AvgIpc) is 2.32. The van der Waals surface area contributed by atoms with Crippen molar-refractivity contribution in [2.45, 2.75) is 0 Å². The number of hydrogen-bond acceptors (Lipinski definition) is 2. The fourth-order valence-electron chi connectivity index (χ4n) is 1.53. The van der Waals surface area contributed by atoms with E-state index in [1.807, 2.05) is 12.1 Å². The van der Waals surface area contributed by atoms with E-state index in [9.17, 15) is 9.59 Å². The van der Waals surface area contributed by atoms with Crippen molar-refractivity contribution in [3.63, 3.8) is 0 Å². The van der Waals surface area contributed by atoms with Gasteiger partial charge in [0.05, 0.1) is 0 Å². The Morgan fingerprint density at radius 1 is 1.28 bits per heavy atom. The molecule has 1 amide bonds. The van der Waals surface area contributed by atoms with E-state index in [4.69, 9.17) is 0 Å². The van der Waals surface area contributed by atoms with Crippen molar-refractivity contribution >= 4 is 27.5 Å². The van der Waals surface area contributed by atoms with Gasteiger partial charge in [0.2, 0.25) is 0 Å². The third kappa shape index (κ3) is 2.68. The molecule has 0 spiro atoms. The van der Waals surface area contributed by atoms with Gasteiger partial charge < -0.3 is 9.88 Å². The van der Waals surface area contributed by atoms with Crippen LogP contribution in [0.1, 0.15) is 10.4 Å². The zero-order chi connectivity index (χ0) is 13.1. The number of carbonyl (C=O) groups is 1. The van der Waals surface area contributed by atoms with Gasteiger partial charge in [-0.1, -0.05) is 22.0 Å². The van der Waals surface area contributed by atoms with Crippen LogP contribution in [0.2, 0.25) is 0 Å². The number of hydrogen-bond donors (Lipinski definition) is 1. The number of aryl methyl sites for hydroxylation is 1. The highest BCUT2D eigenvalue weighted by molar-refractivity contribution is 9.10. The molecule has 5 heteroatoms. The van der Waals surface area contributed by atoms with Crippen molar-refractivity contribution in [2.24, 2.45) is 7.05 Å². The molecule has 0 atom stereocenters. The van der Waals surface area contributed by atoms with Crippen molar-refractivity contribution in [2.75, 3.05) is 5.32 Å². The van der Waals surface area contributed by atoms with E-state index in [2.05, 4.69) is 21.2 Å². The lowest BCUT2D eigenvalue weighted by molar-refractivity contribution is 0.102. The first-order chi connectivity index (χ1) is 8.58. The lowest BCUT2D eigenvalue weighted by atomic mass is 10.2. The van der Waals surface area contributed by atoms with Crippen LogP contribution in [0.4, 0.5) is 5.69 Å². The molecule has 2 rings (SSSR count). The number of amides is 1. The average molecular weight is 307 g/mol. The largest absolute Gasteiger partial charge is 0.322 e. The van der Waals surface area contributed by atoms with Crippen molar-refractivity contribution in [3.05, 3.63) is 63.0 Å². The van der Waals surface area contributed by atoms with Crippen molar-refractivity contribution in [3.8, 4) is 0 Å². The normalized spacial score (nSPS) is 10.1. The molecule has 0 aliphatic carbocycles. The van der Waals surface area contributed by atoms with Crippen LogP contribution >= 0.6 is 15.9 Å². The van der Waals surface area contributed by atoms with Gasteiger partial charge in [-0.15, -0.1) is 0 Å². The molecule has 0 bridgehead atoms. The van der Waals surface area contributed by atoms with Crippen LogP contribution in [0, 0.1) is 0 Å². The summed E-state index contributed by atoms with van der Waals surface area (Å²) in [6, 6.07) is 10.4.